The van der Waals surface area contributed by atoms with Gasteiger partial charge in [0.1, 0.15) is 6.07 Å². The third-order valence-corrected chi connectivity index (χ3v) is 6.34. The summed E-state index contributed by atoms with van der Waals surface area (Å²) in [5.74, 6) is -0.592. The second kappa shape index (κ2) is 9.17. The first-order valence-electron chi connectivity index (χ1n) is 11.2. The number of allylic oxidation sites excluding steroid dienone is 1. The highest BCUT2D eigenvalue weighted by Crippen LogP contribution is 2.36. The van der Waals surface area contributed by atoms with Gasteiger partial charge in [-0.2, -0.15) is 10.4 Å². The highest BCUT2D eigenvalue weighted by molar-refractivity contribution is 6.38. The number of fused-ring (bicyclic) bond motifs is 2. The van der Waals surface area contributed by atoms with E-state index in [0.29, 0.717) is 22.0 Å². The fourth-order valence-corrected chi connectivity index (χ4v) is 4.61. The van der Waals surface area contributed by atoms with Gasteiger partial charge in [-0.15, -0.1) is 0 Å². The van der Waals surface area contributed by atoms with Gasteiger partial charge >= 0.3 is 0 Å². The molecule has 5 aromatic rings. The quantitative estimate of drug-likeness (QED) is 0.249. The standard InChI is InChI=1S/C28H20ClN5O2/c1-3-5-26(35)31-22-9-7-17(14-18(22)15-30)28(36)25-12-11-24-19(6-4-13-34(24)25)20-8-10-23-21(27(20)29)16-33(2)32-23/h3-14,16H,1-2H3,(H,31,35). The van der Waals surface area contributed by atoms with Gasteiger partial charge in [-0.05, 0) is 55.5 Å². The molecule has 3 aromatic heterocycles. The molecule has 7 nitrogen and oxygen atoms in total. The Hall–Kier alpha value is -4.67. The number of pyridine rings is 1. The van der Waals surface area contributed by atoms with E-state index >= 15 is 0 Å². The average Bonchev–Trinajstić information content (AvgIpc) is 3.48. The summed E-state index contributed by atoms with van der Waals surface area (Å²) in [5.41, 5.74) is 4.69. The number of nitriles is 1. The van der Waals surface area contributed by atoms with E-state index in [4.69, 9.17) is 11.6 Å². The molecule has 0 aliphatic rings. The van der Waals surface area contributed by atoms with Crippen LogP contribution in [0.3, 0.4) is 0 Å². The molecule has 0 unspecified atom stereocenters. The molecule has 176 valence electrons. The number of nitrogens with one attached hydrogen (secondary N) is 1. The highest BCUT2D eigenvalue weighted by Gasteiger charge is 2.19. The van der Waals surface area contributed by atoms with Crippen molar-refractivity contribution >= 4 is 45.4 Å². The van der Waals surface area contributed by atoms with E-state index in [2.05, 4.69) is 16.5 Å². The molecule has 0 aliphatic carbocycles. The molecule has 2 aromatic carbocycles. The van der Waals surface area contributed by atoms with E-state index in [0.717, 1.165) is 27.5 Å². The number of aromatic nitrogens is 3. The van der Waals surface area contributed by atoms with Crippen LogP contribution in [-0.2, 0) is 11.8 Å². The predicted octanol–water partition coefficient (Wildman–Crippen LogP) is 5.76. The van der Waals surface area contributed by atoms with Crippen LogP contribution in [0.4, 0.5) is 5.69 Å². The Morgan fingerprint density at radius 1 is 1.11 bits per heavy atom. The third kappa shape index (κ3) is 3.94. The van der Waals surface area contributed by atoms with Crippen LogP contribution in [-0.4, -0.2) is 25.9 Å². The number of hydrogen-bond donors (Lipinski definition) is 1. The molecular weight excluding hydrogens is 474 g/mol. The summed E-state index contributed by atoms with van der Waals surface area (Å²) in [6.07, 6.45) is 6.67. The monoisotopic (exact) mass is 493 g/mol. The second-order valence-corrected chi connectivity index (χ2v) is 8.63. The van der Waals surface area contributed by atoms with Crippen molar-refractivity contribution in [2.24, 2.45) is 7.05 Å². The molecule has 0 atom stereocenters. The van der Waals surface area contributed by atoms with E-state index in [1.165, 1.54) is 12.1 Å². The van der Waals surface area contributed by atoms with E-state index < -0.39 is 0 Å². The number of benzene rings is 2. The lowest BCUT2D eigenvalue weighted by Gasteiger charge is -2.10. The zero-order valence-electron chi connectivity index (χ0n) is 19.5. The molecule has 5 rings (SSSR count). The minimum absolute atomic E-state index is 0.205. The molecule has 3 heterocycles. The third-order valence-electron chi connectivity index (χ3n) is 5.93. The maximum atomic E-state index is 13.5. The molecule has 0 aliphatic heterocycles. The smallest absolute Gasteiger partial charge is 0.248 e. The number of aryl methyl sites for hydroxylation is 1. The van der Waals surface area contributed by atoms with Gasteiger partial charge in [-0.25, -0.2) is 0 Å². The SMILES string of the molecule is CC=CC(=O)Nc1ccc(C(=O)c2ccc3c(-c4ccc5nn(C)cc5c4Cl)cccn23)cc1C#N. The number of ketones is 1. The molecule has 0 radical (unpaired) electrons. The number of nitrogens with zero attached hydrogens (tertiary/aromatic N) is 4. The first kappa shape index (κ1) is 23.1. The summed E-state index contributed by atoms with van der Waals surface area (Å²) >= 11 is 6.76. The van der Waals surface area contributed by atoms with Gasteiger partial charge in [0.15, 0.2) is 0 Å². The molecule has 0 saturated carbocycles. The van der Waals surface area contributed by atoms with Gasteiger partial charge in [0, 0.05) is 41.5 Å². The number of amides is 1. The summed E-state index contributed by atoms with van der Waals surface area (Å²) < 4.78 is 3.54. The van der Waals surface area contributed by atoms with Crippen LogP contribution in [0, 0.1) is 11.3 Å². The van der Waals surface area contributed by atoms with Crippen LogP contribution >= 0.6 is 11.6 Å². The number of carbonyl (C=O) groups excluding carboxylic acids is 2. The first-order chi connectivity index (χ1) is 17.4. The first-order valence-corrected chi connectivity index (χ1v) is 11.5. The lowest BCUT2D eigenvalue weighted by molar-refractivity contribution is -0.111. The number of hydrogen-bond acceptors (Lipinski definition) is 4. The maximum absolute atomic E-state index is 13.5. The minimum atomic E-state index is -0.346. The topological polar surface area (TPSA) is 92.2 Å². The van der Waals surface area contributed by atoms with E-state index in [1.807, 2.05) is 54.2 Å². The van der Waals surface area contributed by atoms with Gasteiger partial charge in [0.05, 0.1) is 33.0 Å². The minimum Gasteiger partial charge on any atom is -0.321 e. The predicted molar refractivity (Wildman–Crippen MR) is 140 cm³/mol. The Balaban J connectivity index is 1.55. The highest BCUT2D eigenvalue weighted by atomic mass is 35.5. The van der Waals surface area contributed by atoms with Crippen LogP contribution in [0.2, 0.25) is 5.02 Å². The Kier molecular flexibility index (Phi) is 5.88. The van der Waals surface area contributed by atoms with Crippen LogP contribution < -0.4 is 5.32 Å². The van der Waals surface area contributed by atoms with Crippen molar-refractivity contribution in [3.8, 4) is 17.2 Å². The van der Waals surface area contributed by atoms with Crippen molar-refractivity contribution in [1.82, 2.24) is 14.2 Å². The largest absolute Gasteiger partial charge is 0.321 e. The summed E-state index contributed by atoms with van der Waals surface area (Å²) in [4.78, 5) is 25.3. The normalized spacial score (nSPS) is 11.3. The van der Waals surface area contributed by atoms with Gasteiger partial charge in [0.2, 0.25) is 11.7 Å². The van der Waals surface area contributed by atoms with Crippen molar-refractivity contribution in [3.63, 3.8) is 0 Å². The number of carbonyl (C=O) groups is 2. The number of rotatable bonds is 5. The summed E-state index contributed by atoms with van der Waals surface area (Å²) in [5, 5.41) is 18.1. The lowest BCUT2D eigenvalue weighted by Crippen LogP contribution is -2.10. The van der Waals surface area contributed by atoms with E-state index in [-0.39, 0.29) is 17.3 Å². The Bertz CT molecular complexity index is 1750. The van der Waals surface area contributed by atoms with Crippen molar-refractivity contribution in [1.29, 1.82) is 5.26 Å². The van der Waals surface area contributed by atoms with Crippen LogP contribution in [0.1, 0.15) is 28.5 Å². The van der Waals surface area contributed by atoms with Gasteiger partial charge in [-0.1, -0.05) is 29.8 Å². The van der Waals surface area contributed by atoms with Crippen molar-refractivity contribution in [2.45, 2.75) is 6.92 Å². The van der Waals surface area contributed by atoms with Crippen molar-refractivity contribution < 1.29 is 9.59 Å². The van der Waals surface area contributed by atoms with Crippen LogP contribution in [0.25, 0.3) is 27.5 Å². The molecular formula is C28H20ClN5O2. The molecule has 0 bridgehead atoms. The van der Waals surface area contributed by atoms with Gasteiger partial charge in [-0.3, -0.25) is 14.3 Å². The zero-order chi connectivity index (χ0) is 25.4. The molecule has 1 N–H and O–H groups in total. The number of anilines is 1. The van der Waals surface area contributed by atoms with E-state index in [9.17, 15) is 14.9 Å². The molecule has 8 heteroatoms. The summed E-state index contributed by atoms with van der Waals surface area (Å²) in [7, 11) is 1.85. The molecule has 36 heavy (non-hydrogen) atoms. The zero-order valence-corrected chi connectivity index (χ0v) is 20.2. The summed E-state index contributed by atoms with van der Waals surface area (Å²) in [6, 6.07) is 18.0. The molecule has 1 amide bonds. The fraction of sp³-hybridized carbons (Fsp3) is 0.0714. The molecule has 0 saturated heterocycles. The van der Waals surface area contributed by atoms with Crippen LogP contribution in [0.5, 0.6) is 0 Å². The fourth-order valence-electron chi connectivity index (χ4n) is 4.30. The molecule has 0 fully saturated rings. The maximum Gasteiger partial charge on any atom is 0.248 e. The number of halogens is 1. The van der Waals surface area contributed by atoms with Crippen molar-refractivity contribution in [2.75, 3.05) is 5.32 Å². The van der Waals surface area contributed by atoms with Gasteiger partial charge in [0.25, 0.3) is 0 Å². The van der Waals surface area contributed by atoms with E-state index in [1.54, 1.807) is 35.9 Å². The van der Waals surface area contributed by atoms with Crippen molar-refractivity contribution in [3.05, 3.63) is 101 Å². The Morgan fingerprint density at radius 2 is 1.94 bits per heavy atom. The Morgan fingerprint density at radius 3 is 2.72 bits per heavy atom. The lowest BCUT2D eigenvalue weighted by atomic mass is 10.0. The van der Waals surface area contributed by atoms with Crippen LogP contribution in [0.15, 0.2) is 79.1 Å². The Labute approximate surface area is 211 Å². The second-order valence-electron chi connectivity index (χ2n) is 8.25. The van der Waals surface area contributed by atoms with Gasteiger partial charge < -0.3 is 9.72 Å². The summed E-state index contributed by atoms with van der Waals surface area (Å²) in [6.45, 7) is 1.73. The molecule has 0 spiro atoms. The average molecular weight is 494 g/mol.